The molecule has 1 rings (SSSR count). The van der Waals surface area contributed by atoms with E-state index in [1.807, 2.05) is 12.1 Å². The highest BCUT2D eigenvalue weighted by Gasteiger charge is 2.02. The molecule has 20 heavy (non-hydrogen) atoms. The molecule has 0 saturated carbocycles. The summed E-state index contributed by atoms with van der Waals surface area (Å²) in [6.45, 7) is 2.50. The highest BCUT2D eigenvalue weighted by molar-refractivity contribution is 6.35. The van der Waals surface area contributed by atoms with Crippen LogP contribution in [0.5, 0.6) is 0 Å². The van der Waals surface area contributed by atoms with Crippen molar-refractivity contribution in [1.29, 1.82) is 0 Å². The van der Waals surface area contributed by atoms with Gasteiger partial charge in [0, 0.05) is 36.7 Å². The van der Waals surface area contributed by atoms with E-state index in [0.717, 1.165) is 18.5 Å². The van der Waals surface area contributed by atoms with Gasteiger partial charge in [0.05, 0.1) is 6.61 Å². The fourth-order valence-corrected chi connectivity index (χ4v) is 2.16. The van der Waals surface area contributed by atoms with E-state index in [2.05, 4.69) is 10.6 Å². The SMILES string of the molecule is COCCNC(=O)CCNCCc1ccc(Cl)cc1Cl. The molecule has 112 valence electrons. The molecular weight excluding hydrogens is 299 g/mol. The number of halogens is 2. The van der Waals surface area contributed by atoms with Crippen molar-refractivity contribution in [2.75, 3.05) is 33.4 Å². The third-order valence-corrected chi connectivity index (χ3v) is 3.33. The van der Waals surface area contributed by atoms with E-state index in [4.69, 9.17) is 27.9 Å². The van der Waals surface area contributed by atoms with Crippen LogP contribution in [0.1, 0.15) is 12.0 Å². The standard InChI is InChI=1S/C14H20Cl2N2O2/c1-20-9-8-18-14(19)5-7-17-6-4-11-2-3-12(15)10-13(11)16/h2-3,10,17H,4-9H2,1H3,(H,18,19). The highest BCUT2D eigenvalue weighted by Crippen LogP contribution is 2.20. The number of methoxy groups -OCH3 is 1. The Bertz CT molecular complexity index is 428. The summed E-state index contributed by atoms with van der Waals surface area (Å²) >= 11 is 11.9. The van der Waals surface area contributed by atoms with Gasteiger partial charge in [0.15, 0.2) is 0 Å². The van der Waals surface area contributed by atoms with Gasteiger partial charge in [-0.2, -0.15) is 0 Å². The largest absolute Gasteiger partial charge is 0.383 e. The van der Waals surface area contributed by atoms with Crippen LogP contribution in [0.25, 0.3) is 0 Å². The summed E-state index contributed by atoms with van der Waals surface area (Å²) in [6.07, 6.45) is 1.26. The van der Waals surface area contributed by atoms with Crippen molar-refractivity contribution < 1.29 is 9.53 Å². The number of rotatable bonds is 9. The van der Waals surface area contributed by atoms with Gasteiger partial charge in [-0.25, -0.2) is 0 Å². The fourth-order valence-electron chi connectivity index (χ4n) is 1.66. The van der Waals surface area contributed by atoms with Gasteiger partial charge >= 0.3 is 0 Å². The minimum absolute atomic E-state index is 0.0269. The van der Waals surface area contributed by atoms with Crippen LogP contribution < -0.4 is 10.6 Å². The molecule has 1 amide bonds. The molecule has 0 fully saturated rings. The zero-order valence-corrected chi connectivity index (χ0v) is 13.1. The van der Waals surface area contributed by atoms with E-state index >= 15 is 0 Å². The van der Waals surface area contributed by atoms with Crippen molar-refractivity contribution in [3.63, 3.8) is 0 Å². The van der Waals surface area contributed by atoms with Crippen LogP contribution >= 0.6 is 23.2 Å². The first-order valence-electron chi connectivity index (χ1n) is 6.53. The van der Waals surface area contributed by atoms with E-state index in [1.54, 1.807) is 13.2 Å². The quantitative estimate of drug-likeness (QED) is 0.687. The molecule has 0 radical (unpaired) electrons. The van der Waals surface area contributed by atoms with E-state index in [-0.39, 0.29) is 5.91 Å². The molecule has 0 aromatic heterocycles. The minimum Gasteiger partial charge on any atom is -0.383 e. The Balaban J connectivity index is 2.11. The lowest BCUT2D eigenvalue weighted by atomic mass is 10.1. The van der Waals surface area contributed by atoms with E-state index in [9.17, 15) is 4.79 Å². The molecule has 1 aromatic carbocycles. The second-order valence-electron chi connectivity index (χ2n) is 4.33. The molecule has 0 heterocycles. The van der Waals surface area contributed by atoms with Crippen LogP contribution in [0.3, 0.4) is 0 Å². The lowest BCUT2D eigenvalue weighted by Gasteiger charge is -2.07. The van der Waals surface area contributed by atoms with Crippen molar-refractivity contribution in [2.24, 2.45) is 0 Å². The van der Waals surface area contributed by atoms with Gasteiger partial charge in [0.25, 0.3) is 0 Å². The molecule has 0 atom stereocenters. The van der Waals surface area contributed by atoms with Gasteiger partial charge in [0.1, 0.15) is 0 Å². The number of carbonyl (C=O) groups is 1. The summed E-state index contributed by atoms with van der Waals surface area (Å²) in [6, 6.07) is 5.48. The Labute approximate surface area is 129 Å². The number of nitrogens with one attached hydrogen (secondary N) is 2. The molecule has 0 bridgehead atoms. The summed E-state index contributed by atoms with van der Waals surface area (Å²) in [5.74, 6) is 0.0269. The van der Waals surface area contributed by atoms with Crippen LogP contribution in [0.2, 0.25) is 10.0 Å². The maximum Gasteiger partial charge on any atom is 0.221 e. The Morgan fingerprint density at radius 1 is 1.25 bits per heavy atom. The van der Waals surface area contributed by atoms with Gasteiger partial charge in [0.2, 0.25) is 5.91 Å². The normalized spacial score (nSPS) is 10.6. The zero-order valence-electron chi connectivity index (χ0n) is 11.5. The summed E-state index contributed by atoms with van der Waals surface area (Å²) in [7, 11) is 1.61. The molecule has 0 saturated heterocycles. The first-order chi connectivity index (χ1) is 9.63. The monoisotopic (exact) mass is 318 g/mol. The second kappa shape index (κ2) is 10.00. The molecule has 6 heteroatoms. The van der Waals surface area contributed by atoms with Crippen LogP contribution in [-0.4, -0.2) is 39.3 Å². The van der Waals surface area contributed by atoms with Gasteiger partial charge in [-0.3, -0.25) is 4.79 Å². The number of amides is 1. The predicted molar refractivity (Wildman–Crippen MR) is 82.5 cm³/mol. The average molecular weight is 319 g/mol. The zero-order chi connectivity index (χ0) is 14.8. The number of hydrogen-bond acceptors (Lipinski definition) is 3. The van der Waals surface area contributed by atoms with E-state index in [1.165, 1.54) is 0 Å². The van der Waals surface area contributed by atoms with Gasteiger partial charge in [-0.15, -0.1) is 0 Å². The summed E-state index contributed by atoms with van der Waals surface area (Å²) in [5.41, 5.74) is 1.05. The third kappa shape index (κ3) is 7.10. The van der Waals surface area contributed by atoms with E-state index < -0.39 is 0 Å². The van der Waals surface area contributed by atoms with Crippen molar-refractivity contribution in [3.8, 4) is 0 Å². The molecule has 0 aliphatic heterocycles. The van der Waals surface area contributed by atoms with Crippen molar-refractivity contribution in [3.05, 3.63) is 33.8 Å². The average Bonchev–Trinajstić information content (AvgIpc) is 2.41. The topological polar surface area (TPSA) is 50.4 Å². The highest BCUT2D eigenvalue weighted by atomic mass is 35.5. The maximum atomic E-state index is 11.4. The summed E-state index contributed by atoms with van der Waals surface area (Å²) < 4.78 is 4.85. The molecule has 1 aromatic rings. The molecule has 0 aliphatic carbocycles. The Morgan fingerprint density at radius 3 is 2.75 bits per heavy atom. The predicted octanol–water partition coefficient (Wildman–Crippen LogP) is 2.28. The number of benzene rings is 1. The van der Waals surface area contributed by atoms with Crippen molar-refractivity contribution >= 4 is 29.1 Å². The first-order valence-corrected chi connectivity index (χ1v) is 7.29. The Hall–Kier alpha value is -0.810. The van der Waals surface area contributed by atoms with Gasteiger partial charge in [-0.05, 0) is 30.7 Å². The lowest BCUT2D eigenvalue weighted by molar-refractivity contribution is -0.121. The fraction of sp³-hybridized carbons (Fsp3) is 0.500. The molecule has 0 unspecified atom stereocenters. The summed E-state index contributed by atoms with van der Waals surface area (Å²) in [4.78, 5) is 11.4. The van der Waals surface area contributed by atoms with Crippen LogP contribution in [0.15, 0.2) is 18.2 Å². The Morgan fingerprint density at radius 2 is 2.05 bits per heavy atom. The van der Waals surface area contributed by atoms with E-state index in [0.29, 0.717) is 36.2 Å². The molecule has 2 N–H and O–H groups in total. The molecule has 0 spiro atoms. The second-order valence-corrected chi connectivity index (χ2v) is 5.17. The maximum absolute atomic E-state index is 11.4. The Kier molecular flexibility index (Phi) is 8.62. The van der Waals surface area contributed by atoms with Crippen LogP contribution in [0.4, 0.5) is 0 Å². The van der Waals surface area contributed by atoms with Crippen LogP contribution in [0, 0.1) is 0 Å². The van der Waals surface area contributed by atoms with Crippen molar-refractivity contribution in [2.45, 2.75) is 12.8 Å². The molecule has 4 nitrogen and oxygen atoms in total. The van der Waals surface area contributed by atoms with Gasteiger partial charge in [-0.1, -0.05) is 29.3 Å². The van der Waals surface area contributed by atoms with Crippen molar-refractivity contribution in [1.82, 2.24) is 10.6 Å². The number of hydrogen-bond donors (Lipinski definition) is 2. The van der Waals surface area contributed by atoms with Gasteiger partial charge < -0.3 is 15.4 Å². The lowest BCUT2D eigenvalue weighted by Crippen LogP contribution is -2.30. The molecule has 0 aliphatic rings. The smallest absolute Gasteiger partial charge is 0.221 e. The minimum atomic E-state index is 0.0269. The number of ether oxygens (including phenoxy) is 1. The molecular formula is C14H20Cl2N2O2. The van der Waals surface area contributed by atoms with Crippen LogP contribution in [-0.2, 0) is 16.0 Å². The summed E-state index contributed by atoms with van der Waals surface area (Å²) in [5, 5.41) is 7.30. The third-order valence-electron chi connectivity index (χ3n) is 2.74. The number of carbonyl (C=O) groups excluding carboxylic acids is 1. The first kappa shape index (κ1) is 17.2.